The average Bonchev–Trinajstić information content (AvgIpc) is 3.57. The maximum Gasteiger partial charge on any atom is 0.244 e. The largest absolute Gasteiger partial charge is 0.355 e. The highest BCUT2D eigenvalue weighted by molar-refractivity contribution is 5.92. The van der Waals surface area contributed by atoms with Crippen LogP contribution in [0.3, 0.4) is 0 Å². The molecule has 4 heterocycles. The molecule has 3 aromatic heterocycles. The zero-order chi connectivity index (χ0) is 24.4. The van der Waals surface area contributed by atoms with E-state index in [1.54, 1.807) is 6.08 Å². The maximum atomic E-state index is 12.2. The molecule has 7 nitrogen and oxygen atoms in total. The van der Waals surface area contributed by atoms with Crippen molar-refractivity contribution in [2.45, 2.75) is 46.6 Å². The fourth-order valence-corrected chi connectivity index (χ4v) is 5.03. The molecule has 0 atom stereocenters. The third-order valence-corrected chi connectivity index (χ3v) is 6.80. The lowest BCUT2D eigenvalue weighted by Crippen LogP contribution is -2.32. The number of benzene rings is 1. The number of hydrogen-bond donors (Lipinski definition) is 2. The van der Waals surface area contributed by atoms with Crippen LogP contribution in [0.2, 0.25) is 0 Å². The third kappa shape index (κ3) is 5.15. The molecule has 182 valence electrons. The summed E-state index contributed by atoms with van der Waals surface area (Å²) >= 11 is 0. The van der Waals surface area contributed by atoms with Crippen molar-refractivity contribution in [3.8, 4) is 0 Å². The average molecular weight is 471 g/mol. The molecule has 0 unspecified atom stereocenters. The van der Waals surface area contributed by atoms with Gasteiger partial charge >= 0.3 is 0 Å². The van der Waals surface area contributed by atoms with Gasteiger partial charge in [0.25, 0.3) is 0 Å². The standard InChI is InChI=1S/C28H34N6O/c1-4-25-32-27-19(2)15-20(3)30-28(27)34(25)18-21-7-9-24-22(16-21)17-23(31-24)8-10-26(35)29-11-14-33-12-5-6-13-33/h7-10,15-17,31H,4-6,11-14,18H2,1-3H3,(H,29,35)/b10-8+. The number of nitrogens with one attached hydrogen (secondary N) is 2. The Morgan fingerprint density at radius 3 is 2.77 bits per heavy atom. The van der Waals surface area contributed by atoms with Crippen LogP contribution in [0.5, 0.6) is 0 Å². The second kappa shape index (κ2) is 10.0. The molecular formula is C28H34N6O. The summed E-state index contributed by atoms with van der Waals surface area (Å²) < 4.78 is 2.23. The Balaban J connectivity index is 1.29. The molecule has 0 saturated carbocycles. The van der Waals surface area contributed by atoms with Crippen LogP contribution in [0.1, 0.15) is 48.1 Å². The molecule has 0 aliphatic carbocycles. The minimum Gasteiger partial charge on any atom is -0.355 e. The first-order chi connectivity index (χ1) is 17.0. The summed E-state index contributed by atoms with van der Waals surface area (Å²) in [6.07, 6.45) is 6.85. The van der Waals surface area contributed by atoms with E-state index in [0.29, 0.717) is 6.54 Å². The lowest BCUT2D eigenvalue weighted by atomic mass is 10.1. The molecule has 0 radical (unpaired) electrons. The minimum absolute atomic E-state index is 0.0549. The van der Waals surface area contributed by atoms with Gasteiger partial charge in [-0.3, -0.25) is 4.79 Å². The van der Waals surface area contributed by atoms with E-state index in [2.05, 4.69) is 63.9 Å². The van der Waals surface area contributed by atoms with Crippen LogP contribution in [-0.4, -0.2) is 56.5 Å². The highest BCUT2D eigenvalue weighted by atomic mass is 16.1. The SMILES string of the molecule is CCc1nc2c(C)cc(C)nc2n1Cc1ccc2[nH]c(/C=C/C(=O)NCCN3CCCC3)cc2c1. The lowest BCUT2D eigenvalue weighted by Gasteiger charge is -2.13. The van der Waals surface area contributed by atoms with Gasteiger partial charge in [-0.15, -0.1) is 0 Å². The van der Waals surface area contributed by atoms with Crippen molar-refractivity contribution in [1.82, 2.24) is 29.7 Å². The molecule has 0 spiro atoms. The first-order valence-corrected chi connectivity index (χ1v) is 12.6. The van der Waals surface area contributed by atoms with Gasteiger partial charge in [0, 0.05) is 47.9 Å². The summed E-state index contributed by atoms with van der Waals surface area (Å²) in [5, 5.41) is 4.11. The van der Waals surface area contributed by atoms with Crippen molar-refractivity contribution < 1.29 is 4.79 Å². The number of carbonyl (C=O) groups is 1. The predicted octanol–water partition coefficient (Wildman–Crippen LogP) is 4.37. The van der Waals surface area contributed by atoms with Gasteiger partial charge in [-0.05, 0) is 81.2 Å². The normalized spacial score (nSPS) is 14.6. The van der Waals surface area contributed by atoms with Crippen LogP contribution in [0.15, 0.2) is 36.4 Å². The van der Waals surface area contributed by atoms with Crippen molar-refractivity contribution in [2.24, 2.45) is 0 Å². The van der Waals surface area contributed by atoms with Gasteiger partial charge in [-0.25, -0.2) is 9.97 Å². The van der Waals surface area contributed by atoms with Crippen LogP contribution in [0.4, 0.5) is 0 Å². The second-order valence-electron chi connectivity index (χ2n) is 9.54. The zero-order valence-corrected chi connectivity index (χ0v) is 20.9. The number of aromatic nitrogens is 4. The van der Waals surface area contributed by atoms with Crippen LogP contribution < -0.4 is 5.32 Å². The molecule has 1 aromatic carbocycles. The summed E-state index contributed by atoms with van der Waals surface area (Å²) in [5.74, 6) is 0.996. The Kier molecular flexibility index (Phi) is 6.68. The van der Waals surface area contributed by atoms with E-state index < -0.39 is 0 Å². The van der Waals surface area contributed by atoms with Crippen molar-refractivity contribution in [2.75, 3.05) is 26.2 Å². The number of hydrogen-bond acceptors (Lipinski definition) is 4. The molecule has 1 amide bonds. The number of amides is 1. The number of fused-ring (bicyclic) bond motifs is 2. The number of carbonyl (C=O) groups excluding carboxylic acids is 1. The number of nitrogens with zero attached hydrogens (tertiary/aromatic N) is 4. The molecule has 1 fully saturated rings. The monoisotopic (exact) mass is 470 g/mol. The minimum atomic E-state index is -0.0549. The maximum absolute atomic E-state index is 12.2. The smallest absolute Gasteiger partial charge is 0.244 e. The number of likely N-dealkylation sites (tertiary alicyclic amines) is 1. The quantitative estimate of drug-likeness (QED) is 0.375. The summed E-state index contributed by atoms with van der Waals surface area (Å²) in [4.78, 5) is 27.7. The van der Waals surface area contributed by atoms with Crippen LogP contribution >= 0.6 is 0 Å². The van der Waals surface area contributed by atoms with Crippen LogP contribution in [0, 0.1) is 13.8 Å². The van der Waals surface area contributed by atoms with E-state index in [-0.39, 0.29) is 5.91 Å². The molecule has 1 saturated heterocycles. The highest BCUT2D eigenvalue weighted by Crippen LogP contribution is 2.23. The van der Waals surface area contributed by atoms with Crippen LogP contribution in [0.25, 0.3) is 28.1 Å². The van der Waals surface area contributed by atoms with Gasteiger partial charge in [0.2, 0.25) is 5.91 Å². The van der Waals surface area contributed by atoms with Gasteiger partial charge < -0.3 is 19.8 Å². The molecule has 5 rings (SSSR count). The van der Waals surface area contributed by atoms with Crippen molar-refractivity contribution >= 4 is 34.1 Å². The Hall–Kier alpha value is -3.45. The topological polar surface area (TPSA) is 78.8 Å². The zero-order valence-electron chi connectivity index (χ0n) is 20.9. The first-order valence-electron chi connectivity index (χ1n) is 12.6. The van der Waals surface area contributed by atoms with E-state index in [4.69, 9.17) is 9.97 Å². The van der Waals surface area contributed by atoms with E-state index in [1.807, 2.05) is 13.0 Å². The van der Waals surface area contributed by atoms with Gasteiger partial charge in [0.1, 0.15) is 11.3 Å². The van der Waals surface area contributed by atoms with Gasteiger partial charge in [0.05, 0.1) is 6.54 Å². The van der Waals surface area contributed by atoms with Crippen molar-refractivity contribution in [1.29, 1.82) is 0 Å². The van der Waals surface area contributed by atoms with Crippen LogP contribution in [-0.2, 0) is 17.8 Å². The van der Waals surface area contributed by atoms with Gasteiger partial charge in [-0.2, -0.15) is 0 Å². The molecule has 4 aromatic rings. The fourth-order valence-electron chi connectivity index (χ4n) is 5.03. The van der Waals surface area contributed by atoms with E-state index in [0.717, 1.165) is 71.9 Å². The van der Waals surface area contributed by atoms with Gasteiger partial charge in [-0.1, -0.05) is 13.0 Å². The van der Waals surface area contributed by atoms with Gasteiger partial charge in [0.15, 0.2) is 5.65 Å². The third-order valence-electron chi connectivity index (χ3n) is 6.80. The Labute approximate surface area is 206 Å². The summed E-state index contributed by atoms with van der Waals surface area (Å²) in [7, 11) is 0. The molecule has 1 aliphatic rings. The lowest BCUT2D eigenvalue weighted by molar-refractivity contribution is -0.116. The number of pyridine rings is 1. The highest BCUT2D eigenvalue weighted by Gasteiger charge is 2.14. The van der Waals surface area contributed by atoms with E-state index in [9.17, 15) is 4.79 Å². The Morgan fingerprint density at radius 1 is 1.14 bits per heavy atom. The molecule has 0 bridgehead atoms. The summed E-state index contributed by atoms with van der Waals surface area (Å²) in [6, 6.07) is 10.6. The number of aromatic amines is 1. The molecule has 7 heteroatoms. The molecular weight excluding hydrogens is 436 g/mol. The summed E-state index contributed by atoms with van der Waals surface area (Å²) in [5.41, 5.74) is 7.28. The van der Waals surface area contributed by atoms with E-state index >= 15 is 0 Å². The first kappa shape index (κ1) is 23.3. The molecule has 2 N–H and O–H groups in total. The number of imidazole rings is 1. The van der Waals surface area contributed by atoms with Crippen molar-refractivity contribution in [3.63, 3.8) is 0 Å². The fraction of sp³-hybridized carbons (Fsp3) is 0.393. The Morgan fingerprint density at radius 2 is 1.97 bits per heavy atom. The molecule has 1 aliphatic heterocycles. The second-order valence-corrected chi connectivity index (χ2v) is 9.54. The molecule has 35 heavy (non-hydrogen) atoms. The number of rotatable bonds is 8. The number of H-pyrrole nitrogens is 1. The van der Waals surface area contributed by atoms with Crippen molar-refractivity contribution in [3.05, 3.63) is 64.7 Å². The predicted molar refractivity (Wildman–Crippen MR) is 141 cm³/mol. The summed E-state index contributed by atoms with van der Waals surface area (Å²) in [6.45, 7) is 10.9. The number of aryl methyl sites for hydroxylation is 3. The van der Waals surface area contributed by atoms with E-state index in [1.165, 1.54) is 24.0 Å². The Bertz CT molecular complexity index is 1390.